The molecule has 1 unspecified atom stereocenters. The number of hydrogen-bond donors (Lipinski definition) is 3. The number of halogens is 2. The van der Waals surface area contributed by atoms with Gasteiger partial charge in [-0.1, -0.05) is 18.2 Å². The van der Waals surface area contributed by atoms with Crippen molar-refractivity contribution in [3.63, 3.8) is 0 Å². The van der Waals surface area contributed by atoms with Crippen molar-refractivity contribution in [2.75, 3.05) is 19.6 Å². The summed E-state index contributed by atoms with van der Waals surface area (Å²) in [5, 5.41) is 7.63. The largest absolute Gasteiger partial charge is 0.353 e. The number of rotatable bonds is 5. The number of benzene rings is 1. The highest BCUT2D eigenvalue weighted by molar-refractivity contribution is 5.94. The molecule has 1 aliphatic rings. The molecule has 0 aliphatic carbocycles. The topological polar surface area (TPSA) is 70.2 Å². The third kappa shape index (κ3) is 4.49. The van der Waals surface area contributed by atoms with Crippen molar-refractivity contribution < 1.29 is 18.4 Å². The Morgan fingerprint density at radius 2 is 1.86 bits per heavy atom. The zero-order valence-electron chi connectivity index (χ0n) is 11.4. The quantitative estimate of drug-likeness (QED) is 0.694. The second-order valence-corrected chi connectivity index (χ2v) is 4.91. The van der Waals surface area contributed by atoms with Gasteiger partial charge in [0.25, 0.3) is 11.8 Å². The average molecular weight is 297 g/mol. The molecule has 1 atom stereocenters. The van der Waals surface area contributed by atoms with Gasteiger partial charge in [-0.15, -0.1) is 0 Å². The Morgan fingerprint density at radius 1 is 1.19 bits per heavy atom. The molecule has 1 heterocycles. The van der Waals surface area contributed by atoms with Crippen LogP contribution in [0.1, 0.15) is 16.8 Å². The molecular weight excluding hydrogens is 280 g/mol. The molecule has 7 heteroatoms. The summed E-state index contributed by atoms with van der Waals surface area (Å²) in [7, 11) is 0. The van der Waals surface area contributed by atoms with Crippen molar-refractivity contribution in [1.82, 2.24) is 16.0 Å². The van der Waals surface area contributed by atoms with Crippen molar-refractivity contribution in [1.29, 1.82) is 0 Å². The molecule has 0 spiro atoms. The van der Waals surface area contributed by atoms with Gasteiger partial charge in [-0.2, -0.15) is 0 Å². The van der Waals surface area contributed by atoms with Crippen molar-refractivity contribution in [3.8, 4) is 0 Å². The van der Waals surface area contributed by atoms with Crippen molar-refractivity contribution in [2.24, 2.45) is 0 Å². The van der Waals surface area contributed by atoms with Gasteiger partial charge in [-0.3, -0.25) is 14.9 Å². The summed E-state index contributed by atoms with van der Waals surface area (Å²) in [4.78, 5) is 23.3. The van der Waals surface area contributed by atoms with Crippen LogP contribution < -0.4 is 16.0 Å². The lowest BCUT2D eigenvalue weighted by Crippen LogP contribution is -2.43. The summed E-state index contributed by atoms with van der Waals surface area (Å²) < 4.78 is 25.9. The van der Waals surface area contributed by atoms with Crippen molar-refractivity contribution in [3.05, 3.63) is 35.9 Å². The minimum absolute atomic E-state index is 0.196. The summed E-state index contributed by atoms with van der Waals surface area (Å²) >= 11 is 0. The number of alkyl halides is 2. The molecule has 2 amide bonds. The number of carbonyl (C=O) groups excluding carboxylic acids is 2. The molecule has 2 rings (SSSR count). The Morgan fingerprint density at radius 3 is 2.48 bits per heavy atom. The van der Waals surface area contributed by atoms with Crippen LogP contribution in [0.5, 0.6) is 0 Å². The van der Waals surface area contributed by atoms with Crippen molar-refractivity contribution in [2.45, 2.75) is 18.4 Å². The predicted octanol–water partition coefficient (Wildman–Crippen LogP) is 0.530. The third-order valence-electron chi connectivity index (χ3n) is 3.17. The first-order chi connectivity index (χ1) is 9.98. The number of nitrogens with one attached hydrogen (secondary N) is 3. The molecule has 3 N–H and O–H groups in total. The normalized spacial score (nSPS) is 20.0. The van der Waals surface area contributed by atoms with E-state index in [4.69, 9.17) is 0 Å². The van der Waals surface area contributed by atoms with Gasteiger partial charge in [-0.25, -0.2) is 8.78 Å². The lowest BCUT2D eigenvalue weighted by atomic mass is 10.2. The highest BCUT2D eigenvalue weighted by Gasteiger charge is 2.42. The summed E-state index contributed by atoms with van der Waals surface area (Å²) in [6.45, 7) is -0.0421. The van der Waals surface area contributed by atoms with E-state index in [1.165, 1.54) is 0 Å². The molecule has 1 aliphatic heterocycles. The molecule has 21 heavy (non-hydrogen) atoms. The Labute approximate surface area is 121 Å². The summed E-state index contributed by atoms with van der Waals surface area (Å²) in [5.41, 5.74) is 0.529. The Kier molecular flexibility index (Phi) is 4.85. The van der Waals surface area contributed by atoms with Gasteiger partial charge in [0.05, 0.1) is 12.6 Å². The fourth-order valence-electron chi connectivity index (χ4n) is 2.08. The van der Waals surface area contributed by atoms with Gasteiger partial charge in [0.1, 0.15) is 0 Å². The van der Waals surface area contributed by atoms with Gasteiger partial charge in [0, 0.05) is 25.1 Å². The maximum Gasteiger partial charge on any atom is 0.262 e. The van der Waals surface area contributed by atoms with E-state index in [-0.39, 0.29) is 19.0 Å². The van der Waals surface area contributed by atoms with E-state index in [1.54, 1.807) is 30.3 Å². The molecule has 0 radical (unpaired) electrons. The molecule has 0 saturated carbocycles. The van der Waals surface area contributed by atoms with E-state index < -0.39 is 30.8 Å². The molecule has 1 fully saturated rings. The Hall–Kier alpha value is -2.02. The van der Waals surface area contributed by atoms with E-state index in [0.717, 1.165) is 0 Å². The average Bonchev–Trinajstić information content (AvgIpc) is 2.84. The van der Waals surface area contributed by atoms with Crippen LogP contribution in [0, 0.1) is 0 Å². The fraction of sp³-hybridized carbons (Fsp3) is 0.429. The minimum atomic E-state index is -2.83. The van der Waals surface area contributed by atoms with Crippen LogP contribution in [0.3, 0.4) is 0 Å². The monoisotopic (exact) mass is 297 g/mol. The number of amides is 2. The van der Waals surface area contributed by atoms with Crippen LogP contribution in [0.25, 0.3) is 0 Å². The summed E-state index contributed by atoms with van der Waals surface area (Å²) in [6.07, 6.45) is -0.491. The maximum absolute atomic E-state index is 12.9. The van der Waals surface area contributed by atoms with Crippen LogP contribution in [-0.4, -0.2) is 43.4 Å². The molecule has 114 valence electrons. The van der Waals surface area contributed by atoms with Gasteiger partial charge in [0.15, 0.2) is 0 Å². The zero-order chi connectivity index (χ0) is 15.3. The van der Waals surface area contributed by atoms with Gasteiger partial charge >= 0.3 is 0 Å². The zero-order valence-corrected chi connectivity index (χ0v) is 11.4. The number of hydrogen-bond acceptors (Lipinski definition) is 3. The van der Waals surface area contributed by atoms with Crippen LogP contribution >= 0.6 is 0 Å². The lowest BCUT2D eigenvalue weighted by Gasteiger charge is -2.11. The highest BCUT2D eigenvalue weighted by Crippen LogP contribution is 2.24. The van der Waals surface area contributed by atoms with E-state index in [9.17, 15) is 18.4 Å². The Balaban J connectivity index is 1.66. The van der Waals surface area contributed by atoms with Crippen LogP contribution in [0.2, 0.25) is 0 Å². The van der Waals surface area contributed by atoms with E-state index >= 15 is 0 Å². The first kappa shape index (κ1) is 15.4. The van der Waals surface area contributed by atoms with E-state index in [0.29, 0.717) is 5.56 Å². The molecule has 1 aromatic carbocycles. The van der Waals surface area contributed by atoms with Gasteiger partial charge < -0.3 is 10.6 Å². The van der Waals surface area contributed by atoms with Crippen LogP contribution in [0.15, 0.2) is 30.3 Å². The minimum Gasteiger partial charge on any atom is -0.353 e. The molecule has 0 aromatic heterocycles. The Bertz CT molecular complexity index is 508. The van der Waals surface area contributed by atoms with Gasteiger partial charge in [-0.05, 0) is 12.1 Å². The first-order valence-electron chi connectivity index (χ1n) is 6.70. The van der Waals surface area contributed by atoms with Crippen LogP contribution in [0.4, 0.5) is 8.78 Å². The fourth-order valence-corrected chi connectivity index (χ4v) is 2.08. The molecule has 0 bridgehead atoms. The maximum atomic E-state index is 12.9. The lowest BCUT2D eigenvalue weighted by molar-refractivity contribution is -0.123. The number of carbonyl (C=O) groups is 2. The highest BCUT2D eigenvalue weighted by atomic mass is 19.3. The van der Waals surface area contributed by atoms with E-state index in [1.807, 2.05) is 0 Å². The second kappa shape index (κ2) is 6.62. The first-order valence-corrected chi connectivity index (χ1v) is 6.70. The smallest absolute Gasteiger partial charge is 0.262 e. The van der Waals surface area contributed by atoms with Crippen LogP contribution in [-0.2, 0) is 4.79 Å². The molecule has 1 saturated heterocycles. The summed E-state index contributed by atoms with van der Waals surface area (Å²) in [6, 6.07) is 7.80. The second-order valence-electron chi connectivity index (χ2n) is 4.91. The van der Waals surface area contributed by atoms with Gasteiger partial charge in [0.2, 0.25) is 5.91 Å². The molecular formula is C14H17F2N3O2. The predicted molar refractivity (Wildman–Crippen MR) is 73.1 cm³/mol. The molecule has 5 nitrogen and oxygen atoms in total. The standard InChI is InChI=1S/C14H17F2N3O2/c15-14(16)8-11(19-9-14)13(21)18-7-6-17-12(20)10-4-2-1-3-5-10/h1-5,11,19H,6-9H2,(H,17,20)(H,18,21). The summed E-state index contributed by atoms with van der Waals surface area (Å²) in [5.74, 6) is -3.54. The third-order valence-corrected chi connectivity index (χ3v) is 3.17. The van der Waals surface area contributed by atoms with Crippen molar-refractivity contribution >= 4 is 11.8 Å². The SMILES string of the molecule is O=C(NCCNC(=O)C1CC(F)(F)CN1)c1ccccc1. The van der Waals surface area contributed by atoms with E-state index in [2.05, 4.69) is 16.0 Å². The molecule has 1 aromatic rings.